The fourth-order valence-electron chi connectivity index (χ4n) is 2.64. The molecule has 94 valence electrons. The molecule has 1 fully saturated rings. The Labute approximate surface area is 104 Å². The van der Waals surface area contributed by atoms with Crippen molar-refractivity contribution in [2.75, 3.05) is 32.8 Å². The summed E-state index contributed by atoms with van der Waals surface area (Å²) >= 11 is 0. The average molecular weight is 234 g/mol. The van der Waals surface area contributed by atoms with E-state index < -0.39 is 0 Å². The lowest BCUT2D eigenvalue weighted by Gasteiger charge is -2.43. The van der Waals surface area contributed by atoms with E-state index in [2.05, 4.69) is 43.0 Å². The van der Waals surface area contributed by atoms with E-state index in [0.29, 0.717) is 6.54 Å². The predicted octanol–water partition coefficient (Wildman–Crippen LogP) is 1.50. The van der Waals surface area contributed by atoms with Gasteiger partial charge in [0.05, 0.1) is 18.8 Å². The zero-order valence-corrected chi connectivity index (χ0v) is 10.8. The molecule has 17 heavy (non-hydrogen) atoms. The van der Waals surface area contributed by atoms with Crippen LogP contribution in [0.25, 0.3) is 0 Å². The number of hydrogen-bond donors (Lipinski definition) is 1. The van der Waals surface area contributed by atoms with Gasteiger partial charge in [-0.15, -0.1) is 0 Å². The summed E-state index contributed by atoms with van der Waals surface area (Å²) in [7, 11) is 0. The molecule has 1 heterocycles. The summed E-state index contributed by atoms with van der Waals surface area (Å²) in [6.45, 7) is 8.56. The summed E-state index contributed by atoms with van der Waals surface area (Å²) < 4.78 is 5.42. The third kappa shape index (κ3) is 2.37. The summed E-state index contributed by atoms with van der Waals surface area (Å²) in [5.41, 5.74) is 8.63. The van der Waals surface area contributed by atoms with Crippen LogP contribution in [0, 0.1) is 6.92 Å². The number of ether oxygens (including phenoxy) is 1. The molecule has 1 saturated heterocycles. The van der Waals surface area contributed by atoms with Crippen molar-refractivity contribution in [1.29, 1.82) is 0 Å². The van der Waals surface area contributed by atoms with Crippen LogP contribution in [-0.2, 0) is 10.3 Å². The molecular weight excluding hydrogens is 212 g/mol. The first-order chi connectivity index (χ1) is 8.18. The molecule has 2 N–H and O–H groups in total. The number of nitrogens with two attached hydrogens (primary N) is 1. The Kier molecular flexibility index (Phi) is 3.82. The lowest BCUT2D eigenvalue weighted by Crippen LogP contribution is -2.53. The maximum absolute atomic E-state index is 6.06. The number of benzene rings is 1. The second-order valence-corrected chi connectivity index (χ2v) is 4.89. The smallest absolute Gasteiger partial charge is 0.0594 e. The van der Waals surface area contributed by atoms with Gasteiger partial charge in [0.15, 0.2) is 0 Å². The van der Waals surface area contributed by atoms with Gasteiger partial charge in [-0.05, 0) is 25.0 Å². The molecule has 0 aromatic heterocycles. The molecule has 3 nitrogen and oxygen atoms in total. The fraction of sp³-hybridized carbons (Fsp3) is 0.571. The van der Waals surface area contributed by atoms with E-state index in [0.717, 1.165) is 26.3 Å². The van der Waals surface area contributed by atoms with Gasteiger partial charge >= 0.3 is 0 Å². The fourth-order valence-corrected chi connectivity index (χ4v) is 2.64. The van der Waals surface area contributed by atoms with E-state index in [1.807, 2.05) is 0 Å². The first-order valence-corrected chi connectivity index (χ1v) is 6.27. The second kappa shape index (κ2) is 5.17. The van der Waals surface area contributed by atoms with Crippen LogP contribution in [0.15, 0.2) is 24.3 Å². The van der Waals surface area contributed by atoms with Gasteiger partial charge in [-0.25, -0.2) is 0 Å². The molecule has 0 aliphatic carbocycles. The highest BCUT2D eigenvalue weighted by atomic mass is 16.5. The molecular formula is C14H22N2O. The Morgan fingerprint density at radius 3 is 2.53 bits per heavy atom. The minimum atomic E-state index is -0.0743. The minimum Gasteiger partial charge on any atom is -0.379 e. The molecule has 0 spiro atoms. The van der Waals surface area contributed by atoms with Gasteiger partial charge in [0, 0.05) is 19.6 Å². The van der Waals surface area contributed by atoms with Crippen LogP contribution in [0.3, 0.4) is 0 Å². The van der Waals surface area contributed by atoms with Gasteiger partial charge in [-0.2, -0.15) is 0 Å². The molecule has 0 bridgehead atoms. The van der Waals surface area contributed by atoms with Crippen molar-refractivity contribution >= 4 is 0 Å². The number of hydrogen-bond acceptors (Lipinski definition) is 3. The van der Waals surface area contributed by atoms with E-state index in [4.69, 9.17) is 10.5 Å². The number of morpholine rings is 1. The van der Waals surface area contributed by atoms with Crippen molar-refractivity contribution < 1.29 is 4.74 Å². The van der Waals surface area contributed by atoms with Crippen molar-refractivity contribution in [2.24, 2.45) is 5.73 Å². The maximum Gasteiger partial charge on any atom is 0.0594 e. The molecule has 0 unspecified atom stereocenters. The van der Waals surface area contributed by atoms with Gasteiger partial charge in [0.2, 0.25) is 0 Å². The van der Waals surface area contributed by atoms with Crippen LogP contribution in [-0.4, -0.2) is 37.7 Å². The summed E-state index contributed by atoms with van der Waals surface area (Å²) in [5, 5.41) is 0. The monoisotopic (exact) mass is 234 g/mol. The first-order valence-electron chi connectivity index (χ1n) is 6.27. The lowest BCUT2D eigenvalue weighted by molar-refractivity contribution is -0.0154. The van der Waals surface area contributed by atoms with Crippen LogP contribution >= 0.6 is 0 Å². The first kappa shape index (κ1) is 12.6. The SMILES string of the molecule is Cc1ccccc1[C@](C)(CN)N1CCOCC1. The van der Waals surface area contributed by atoms with Gasteiger partial charge in [-0.3, -0.25) is 4.90 Å². The Morgan fingerprint density at radius 1 is 1.29 bits per heavy atom. The predicted molar refractivity (Wildman–Crippen MR) is 70.0 cm³/mol. The van der Waals surface area contributed by atoms with Crippen LogP contribution in [0.4, 0.5) is 0 Å². The zero-order chi connectivity index (χ0) is 12.3. The maximum atomic E-state index is 6.06. The third-order valence-electron chi connectivity index (χ3n) is 3.83. The molecule has 2 rings (SSSR count). The summed E-state index contributed by atoms with van der Waals surface area (Å²) in [4.78, 5) is 2.44. The summed E-state index contributed by atoms with van der Waals surface area (Å²) in [6, 6.07) is 8.52. The van der Waals surface area contributed by atoms with E-state index in [9.17, 15) is 0 Å². The highest BCUT2D eigenvalue weighted by Gasteiger charge is 2.34. The standard InChI is InChI=1S/C14H22N2O/c1-12-5-3-4-6-13(12)14(2,11-15)16-7-9-17-10-8-16/h3-6H,7-11,15H2,1-2H3/t14-/m0/s1. The molecule has 1 aliphatic rings. The second-order valence-electron chi connectivity index (χ2n) is 4.89. The quantitative estimate of drug-likeness (QED) is 0.861. The Bertz CT molecular complexity index is 374. The molecule has 1 aromatic carbocycles. The molecule has 1 atom stereocenters. The van der Waals surface area contributed by atoms with Gasteiger partial charge in [0.25, 0.3) is 0 Å². The summed E-state index contributed by atoms with van der Waals surface area (Å²) in [5.74, 6) is 0. The van der Waals surface area contributed by atoms with E-state index in [1.165, 1.54) is 11.1 Å². The minimum absolute atomic E-state index is 0.0743. The number of rotatable bonds is 3. The van der Waals surface area contributed by atoms with Gasteiger partial charge < -0.3 is 10.5 Å². The Balaban J connectivity index is 2.32. The van der Waals surface area contributed by atoms with Crippen molar-refractivity contribution in [1.82, 2.24) is 4.90 Å². The van der Waals surface area contributed by atoms with Crippen LogP contribution < -0.4 is 5.73 Å². The van der Waals surface area contributed by atoms with Crippen molar-refractivity contribution in [3.63, 3.8) is 0 Å². The molecule has 0 amide bonds. The zero-order valence-electron chi connectivity index (χ0n) is 10.8. The highest BCUT2D eigenvalue weighted by Crippen LogP contribution is 2.30. The molecule has 0 radical (unpaired) electrons. The van der Waals surface area contributed by atoms with E-state index in [1.54, 1.807) is 0 Å². The van der Waals surface area contributed by atoms with Crippen molar-refractivity contribution in [3.8, 4) is 0 Å². The number of nitrogens with zero attached hydrogens (tertiary/aromatic N) is 1. The molecule has 0 saturated carbocycles. The third-order valence-corrected chi connectivity index (χ3v) is 3.83. The average Bonchev–Trinajstić information content (AvgIpc) is 2.39. The Hall–Kier alpha value is -0.900. The topological polar surface area (TPSA) is 38.5 Å². The summed E-state index contributed by atoms with van der Waals surface area (Å²) in [6.07, 6.45) is 0. The van der Waals surface area contributed by atoms with Crippen LogP contribution in [0.2, 0.25) is 0 Å². The normalized spacial score (nSPS) is 21.1. The number of aryl methyl sites for hydroxylation is 1. The molecule has 3 heteroatoms. The highest BCUT2D eigenvalue weighted by molar-refractivity contribution is 5.32. The van der Waals surface area contributed by atoms with Crippen molar-refractivity contribution in [3.05, 3.63) is 35.4 Å². The molecule has 1 aliphatic heterocycles. The van der Waals surface area contributed by atoms with Gasteiger partial charge in [0.1, 0.15) is 0 Å². The van der Waals surface area contributed by atoms with Gasteiger partial charge in [-0.1, -0.05) is 24.3 Å². The lowest BCUT2D eigenvalue weighted by atomic mass is 9.86. The van der Waals surface area contributed by atoms with E-state index >= 15 is 0 Å². The Morgan fingerprint density at radius 2 is 1.94 bits per heavy atom. The largest absolute Gasteiger partial charge is 0.379 e. The van der Waals surface area contributed by atoms with Crippen LogP contribution in [0.5, 0.6) is 0 Å². The van der Waals surface area contributed by atoms with Crippen molar-refractivity contribution in [2.45, 2.75) is 19.4 Å². The van der Waals surface area contributed by atoms with E-state index in [-0.39, 0.29) is 5.54 Å². The molecule has 1 aromatic rings. The van der Waals surface area contributed by atoms with Crippen LogP contribution in [0.1, 0.15) is 18.1 Å².